The van der Waals surface area contributed by atoms with Crippen LogP contribution in [0.15, 0.2) is 30.7 Å². The molecule has 0 radical (unpaired) electrons. The van der Waals surface area contributed by atoms with E-state index < -0.39 is 11.9 Å². The first kappa shape index (κ1) is 18.1. The van der Waals surface area contributed by atoms with E-state index in [4.69, 9.17) is 17.3 Å². The Morgan fingerprint density at radius 3 is 2.93 bits per heavy atom. The minimum absolute atomic E-state index is 0.00655. The number of nitrogens with one attached hydrogen (secondary N) is 2. The molecule has 1 aromatic carbocycles. The van der Waals surface area contributed by atoms with Crippen molar-refractivity contribution in [2.75, 3.05) is 5.32 Å². The van der Waals surface area contributed by atoms with Gasteiger partial charge < -0.3 is 15.5 Å². The van der Waals surface area contributed by atoms with Crippen LogP contribution < -0.4 is 11.1 Å². The molecule has 0 spiro atoms. The maximum atomic E-state index is 15.0. The highest BCUT2D eigenvalue weighted by Gasteiger charge is 2.30. The summed E-state index contributed by atoms with van der Waals surface area (Å²) in [5, 5.41) is 10.4. The van der Waals surface area contributed by atoms with Gasteiger partial charge in [-0.05, 0) is 31.9 Å². The summed E-state index contributed by atoms with van der Waals surface area (Å²) < 4.78 is 16.8. The molecule has 9 heteroatoms. The largest absolute Gasteiger partial charge is 0.324 e. The highest BCUT2D eigenvalue weighted by atomic mass is 35.5. The number of amides is 1. The second kappa shape index (κ2) is 6.53. The molecule has 0 saturated heterocycles. The number of carbonyl (C=O) groups excluding carboxylic acids is 1. The van der Waals surface area contributed by atoms with Crippen molar-refractivity contribution in [2.24, 2.45) is 11.7 Å². The molecule has 1 fully saturated rings. The number of nitrogens with two attached hydrogens (primary N) is 1. The number of rotatable bonds is 4. The maximum absolute atomic E-state index is 15.0. The summed E-state index contributed by atoms with van der Waals surface area (Å²) in [5.41, 5.74) is 8.66. The second-order valence-corrected chi connectivity index (χ2v) is 7.81. The van der Waals surface area contributed by atoms with Crippen molar-refractivity contribution in [3.63, 3.8) is 0 Å². The number of carbonyl (C=O) groups is 1. The molecule has 1 saturated carbocycles. The molecule has 3 aromatic heterocycles. The molecule has 29 heavy (non-hydrogen) atoms. The van der Waals surface area contributed by atoms with E-state index >= 15 is 4.39 Å². The number of fused-ring (bicyclic) bond motifs is 2. The lowest BCUT2D eigenvalue weighted by Gasteiger charge is -2.14. The van der Waals surface area contributed by atoms with Crippen LogP contribution in [0.5, 0.6) is 0 Å². The van der Waals surface area contributed by atoms with Crippen molar-refractivity contribution >= 4 is 39.9 Å². The number of aromatic nitrogens is 4. The van der Waals surface area contributed by atoms with Gasteiger partial charge in [-0.25, -0.2) is 9.37 Å². The maximum Gasteiger partial charge on any atom is 0.228 e. The first-order valence-electron chi connectivity index (χ1n) is 9.33. The summed E-state index contributed by atoms with van der Waals surface area (Å²) in [7, 11) is 0. The lowest BCUT2D eigenvalue weighted by atomic mass is 9.97. The van der Waals surface area contributed by atoms with Crippen molar-refractivity contribution in [1.29, 1.82) is 0 Å². The van der Waals surface area contributed by atoms with Crippen molar-refractivity contribution < 1.29 is 9.18 Å². The van der Waals surface area contributed by atoms with E-state index in [1.807, 2.05) is 6.07 Å². The topological polar surface area (TPSA) is 101 Å². The van der Waals surface area contributed by atoms with Gasteiger partial charge in [0.25, 0.3) is 0 Å². The Balaban J connectivity index is 1.63. The molecule has 3 heterocycles. The van der Waals surface area contributed by atoms with Crippen LogP contribution in [0.1, 0.15) is 31.4 Å². The molecule has 4 N–H and O–H groups in total. The van der Waals surface area contributed by atoms with E-state index in [1.165, 1.54) is 0 Å². The summed E-state index contributed by atoms with van der Waals surface area (Å²) in [6, 6.07) is 3.06. The minimum Gasteiger partial charge on any atom is -0.324 e. The number of pyridine rings is 1. The predicted molar refractivity (Wildman–Crippen MR) is 109 cm³/mol. The Morgan fingerprint density at radius 2 is 2.21 bits per heavy atom. The Hall–Kier alpha value is -2.97. The van der Waals surface area contributed by atoms with Gasteiger partial charge in [0.05, 0.1) is 22.9 Å². The molecule has 148 valence electrons. The van der Waals surface area contributed by atoms with E-state index in [0.29, 0.717) is 39.1 Å². The number of H-pyrrole nitrogens is 1. The molecular weight excluding hydrogens is 395 g/mol. The molecule has 0 aliphatic heterocycles. The van der Waals surface area contributed by atoms with Gasteiger partial charge in [-0.15, -0.1) is 0 Å². The quantitative estimate of drug-likeness (QED) is 0.470. The fraction of sp³-hybridized carbons (Fsp3) is 0.250. The molecule has 1 amide bonds. The lowest BCUT2D eigenvalue weighted by molar-refractivity contribution is -0.117. The molecule has 4 aromatic rings. The summed E-state index contributed by atoms with van der Waals surface area (Å²) >= 11 is 6.43. The Morgan fingerprint density at radius 1 is 1.41 bits per heavy atom. The monoisotopic (exact) mass is 412 g/mol. The highest BCUT2D eigenvalue weighted by Crippen LogP contribution is 2.40. The normalized spacial score (nSPS) is 15.2. The number of nitrogens with zero attached hydrogens (tertiary/aromatic N) is 3. The minimum atomic E-state index is -0.559. The van der Waals surface area contributed by atoms with Gasteiger partial charge in [-0.2, -0.15) is 5.10 Å². The standard InChI is InChI=1S/C20H18ClFN6O/c1-9(23)15-18(22)17(21)16(12-6-24-27-19(12)15)11-4-5-14-25-13(8-28(14)7-11)26-20(29)10-2-3-10/h4-10H,2-3,23H2,1H3,(H,24,27)(H,26,29). The number of hydrogen-bond acceptors (Lipinski definition) is 4. The molecule has 7 nitrogen and oxygen atoms in total. The van der Waals surface area contributed by atoms with E-state index in [9.17, 15) is 4.79 Å². The SMILES string of the molecule is CC(N)c1c(F)c(Cl)c(-c2ccc3nc(NC(=O)C4CC4)cn3c2)c2cn[nH]c12. The molecule has 1 aliphatic rings. The zero-order valence-electron chi connectivity index (χ0n) is 15.5. The number of imidazole rings is 1. The van der Waals surface area contributed by atoms with Gasteiger partial charge in [0.2, 0.25) is 5.91 Å². The third-order valence-corrected chi connectivity index (χ3v) is 5.58. The molecule has 1 atom stereocenters. The van der Waals surface area contributed by atoms with Gasteiger partial charge in [-0.3, -0.25) is 9.89 Å². The lowest BCUT2D eigenvalue weighted by Crippen LogP contribution is -2.13. The van der Waals surface area contributed by atoms with Crippen LogP contribution in [0.3, 0.4) is 0 Å². The Bertz CT molecular complexity index is 1270. The van der Waals surface area contributed by atoms with Crippen LogP contribution in [0.4, 0.5) is 10.2 Å². The third-order valence-electron chi connectivity index (χ3n) is 5.22. The zero-order valence-corrected chi connectivity index (χ0v) is 16.3. The zero-order chi connectivity index (χ0) is 20.3. The van der Waals surface area contributed by atoms with Gasteiger partial charge in [0, 0.05) is 40.2 Å². The van der Waals surface area contributed by atoms with Crippen molar-refractivity contribution in [1.82, 2.24) is 19.6 Å². The average Bonchev–Trinajstić information content (AvgIpc) is 3.30. The number of benzene rings is 1. The van der Waals surface area contributed by atoms with Crippen LogP contribution in [-0.2, 0) is 4.79 Å². The van der Waals surface area contributed by atoms with Gasteiger partial charge in [-0.1, -0.05) is 11.6 Å². The van der Waals surface area contributed by atoms with Gasteiger partial charge in [0.1, 0.15) is 11.5 Å². The second-order valence-electron chi connectivity index (χ2n) is 7.44. The van der Waals surface area contributed by atoms with E-state index in [1.54, 1.807) is 36.0 Å². The van der Waals surface area contributed by atoms with E-state index in [2.05, 4.69) is 20.5 Å². The summed E-state index contributed by atoms with van der Waals surface area (Å²) in [4.78, 5) is 16.4. The van der Waals surface area contributed by atoms with Crippen LogP contribution in [-0.4, -0.2) is 25.5 Å². The van der Waals surface area contributed by atoms with Crippen molar-refractivity contribution in [2.45, 2.75) is 25.8 Å². The number of aromatic amines is 1. The Kier molecular flexibility index (Phi) is 4.07. The molecule has 0 bridgehead atoms. The summed E-state index contributed by atoms with van der Waals surface area (Å²) in [6.45, 7) is 1.70. The van der Waals surface area contributed by atoms with Crippen LogP contribution in [0, 0.1) is 11.7 Å². The fourth-order valence-corrected chi connectivity index (χ4v) is 3.93. The van der Waals surface area contributed by atoms with Crippen molar-refractivity contribution in [3.8, 4) is 11.1 Å². The molecule has 5 rings (SSSR count). The number of halogens is 2. The van der Waals surface area contributed by atoms with Crippen LogP contribution in [0.2, 0.25) is 5.02 Å². The van der Waals surface area contributed by atoms with E-state index in [-0.39, 0.29) is 16.8 Å². The van der Waals surface area contributed by atoms with Crippen molar-refractivity contribution in [3.05, 3.63) is 47.1 Å². The number of hydrogen-bond donors (Lipinski definition) is 3. The summed E-state index contributed by atoms with van der Waals surface area (Å²) in [6.07, 6.45) is 6.98. The average molecular weight is 413 g/mol. The Labute approximate surface area is 170 Å². The van der Waals surface area contributed by atoms with E-state index in [0.717, 1.165) is 12.8 Å². The van der Waals surface area contributed by atoms with Gasteiger partial charge >= 0.3 is 0 Å². The fourth-order valence-electron chi connectivity index (χ4n) is 3.62. The van der Waals surface area contributed by atoms with Crippen LogP contribution >= 0.6 is 11.6 Å². The molecule has 1 aliphatic carbocycles. The molecular formula is C20H18ClFN6O. The molecule has 1 unspecified atom stereocenters. The first-order valence-corrected chi connectivity index (χ1v) is 9.71. The first-order chi connectivity index (χ1) is 13.9. The third kappa shape index (κ3) is 2.95. The predicted octanol–water partition coefficient (Wildman–Crippen LogP) is 4.04. The highest BCUT2D eigenvalue weighted by molar-refractivity contribution is 6.35. The number of anilines is 1. The smallest absolute Gasteiger partial charge is 0.228 e. The van der Waals surface area contributed by atoms with Crippen LogP contribution in [0.25, 0.3) is 27.7 Å². The van der Waals surface area contributed by atoms with Gasteiger partial charge in [0.15, 0.2) is 5.82 Å². The summed E-state index contributed by atoms with van der Waals surface area (Å²) in [5.74, 6) is 0.00828.